The molecule has 110 valence electrons. The Labute approximate surface area is 125 Å². The van der Waals surface area contributed by atoms with Crippen molar-refractivity contribution < 1.29 is 4.39 Å². The molecule has 0 radical (unpaired) electrons. The molecule has 21 heavy (non-hydrogen) atoms. The molecule has 1 heterocycles. The smallest absolute Gasteiger partial charge is 0.147 e. The third-order valence-corrected chi connectivity index (χ3v) is 4.15. The van der Waals surface area contributed by atoms with Crippen LogP contribution in [0, 0.1) is 5.82 Å². The highest BCUT2D eigenvalue weighted by atomic mass is 19.1. The van der Waals surface area contributed by atoms with Gasteiger partial charge in [-0.3, -0.25) is 0 Å². The lowest BCUT2D eigenvalue weighted by atomic mass is 10.0. The second kappa shape index (κ2) is 5.86. The van der Waals surface area contributed by atoms with Gasteiger partial charge < -0.3 is 10.2 Å². The van der Waals surface area contributed by atoms with Gasteiger partial charge in [-0.25, -0.2) is 4.39 Å². The van der Waals surface area contributed by atoms with Crippen molar-refractivity contribution in [3.63, 3.8) is 0 Å². The van der Waals surface area contributed by atoms with Crippen LogP contribution in [0.25, 0.3) is 0 Å². The summed E-state index contributed by atoms with van der Waals surface area (Å²) in [5.41, 5.74) is 4.17. The molecule has 0 fully saturated rings. The van der Waals surface area contributed by atoms with Gasteiger partial charge in [0.2, 0.25) is 0 Å². The lowest BCUT2D eigenvalue weighted by Crippen LogP contribution is -2.23. The average molecular weight is 284 g/mol. The number of anilines is 2. The fourth-order valence-electron chi connectivity index (χ4n) is 3.15. The predicted molar refractivity (Wildman–Crippen MR) is 85.6 cm³/mol. The standard InChI is InChI=1S/C18H21FN2/c1-3-20-13(2)15-8-6-9-16(19)18(15)21-12-11-14-7-4-5-10-17(14)21/h4-10,13,20H,3,11-12H2,1-2H3. The van der Waals surface area contributed by atoms with Crippen molar-refractivity contribution in [1.29, 1.82) is 0 Å². The average Bonchev–Trinajstić information content (AvgIpc) is 2.91. The zero-order valence-corrected chi connectivity index (χ0v) is 12.6. The van der Waals surface area contributed by atoms with Crippen LogP contribution in [0.1, 0.15) is 31.0 Å². The third-order valence-electron chi connectivity index (χ3n) is 4.15. The number of benzene rings is 2. The summed E-state index contributed by atoms with van der Waals surface area (Å²) in [6, 6.07) is 13.8. The van der Waals surface area contributed by atoms with Gasteiger partial charge in [-0.15, -0.1) is 0 Å². The highest BCUT2D eigenvalue weighted by Crippen LogP contribution is 2.39. The summed E-state index contributed by atoms with van der Waals surface area (Å²) >= 11 is 0. The van der Waals surface area contributed by atoms with Crippen LogP contribution in [-0.4, -0.2) is 13.1 Å². The third kappa shape index (κ3) is 2.54. The summed E-state index contributed by atoms with van der Waals surface area (Å²) < 4.78 is 14.5. The van der Waals surface area contributed by atoms with Crippen LogP contribution in [-0.2, 0) is 6.42 Å². The molecule has 2 aromatic carbocycles. The topological polar surface area (TPSA) is 15.3 Å². The van der Waals surface area contributed by atoms with Crippen molar-refractivity contribution in [3.8, 4) is 0 Å². The van der Waals surface area contributed by atoms with Crippen LogP contribution in [0.4, 0.5) is 15.8 Å². The Morgan fingerprint density at radius 2 is 2.00 bits per heavy atom. The van der Waals surface area contributed by atoms with Crippen molar-refractivity contribution in [3.05, 3.63) is 59.4 Å². The maximum atomic E-state index is 14.5. The fraction of sp³-hybridized carbons (Fsp3) is 0.333. The second-order valence-electron chi connectivity index (χ2n) is 5.49. The van der Waals surface area contributed by atoms with E-state index in [1.165, 1.54) is 5.56 Å². The summed E-state index contributed by atoms with van der Waals surface area (Å²) in [5.74, 6) is -0.144. The van der Waals surface area contributed by atoms with Crippen LogP contribution in [0.2, 0.25) is 0 Å². The molecule has 1 unspecified atom stereocenters. The first-order valence-corrected chi connectivity index (χ1v) is 7.59. The maximum Gasteiger partial charge on any atom is 0.147 e. The molecule has 0 aliphatic carbocycles. The lowest BCUT2D eigenvalue weighted by molar-refractivity contribution is 0.582. The number of halogens is 1. The van der Waals surface area contributed by atoms with E-state index >= 15 is 0 Å². The molecule has 0 saturated carbocycles. The highest BCUT2D eigenvalue weighted by Gasteiger charge is 2.25. The molecule has 2 aromatic rings. The minimum atomic E-state index is -0.144. The molecule has 3 heteroatoms. The SMILES string of the molecule is CCNC(C)c1cccc(F)c1N1CCc2ccccc21. The van der Waals surface area contributed by atoms with Crippen molar-refractivity contribution in [1.82, 2.24) is 5.32 Å². The molecule has 1 N–H and O–H groups in total. The minimum Gasteiger partial charge on any atom is -0.338 e. The van der Waals surface area contributed by atoms with E-state index in [4.69, 9.17) is 0 Å². The first-order chi connectivity index (χ1) is 10.2. The Bertz CT molecular complexity index is 639. The summed E-state index contributed by atoms with van der Waals surface area (Å²) in [5, 5.41) is 3.38. The molecule has 2 nitrogen and oxygen atoms in total. The van der Waals surface area contributed by atoms with Crippen LogP contribution in [0.5, 0.6) is 0 Å². The van der Waals surface area contributed by atoms with E-state index in [1.807, 2.05) is 18.2 Å². The Morgan fingerprint density at radius 1 is 1.19 bits per heavy atom. The summed E-state index contributed by atoms with van der Waals surface area (Å²) in [7, 11) is 0. The van der Waals surface area contributed by atoms with Crippen LogP contribution in [0.3, 0.4) is 0 Å². The minimum absolute atomic E-state index is 0.133. The molecule has 0 saturated heterocycles. The Balaban J connectivity index is 2.07. The van der Waals surface area contributed by atoms with Crippen molar-refractivity contribution in [2.24, 2.45) is 0 Å². The largest absolute Gasteiger partial charge is 0.338 e. The van der Waals surface area contributed by atoms with Gasteiger partial charge in [-0.2, -0.15) is 0 Å². The van der Waals surface area contributed by atoms with Gasteiger partial charge in [0.15, 0.2) is 0 Å². The van der Waals surface area contributed by atoms with Crippen LogP contribution >= 0.6 is 0 Å². The normalized spacial score (nSPS) is 15.1. The lowest BCUT2D eigenvalue weighted by Gasteiger charge is -2.26. The molecule has 1 aliphatic rings. The number of nitrogens with zero attached hydrogens (tertiary/aromatic N) is 1. The van der Waals surface area contributed by atoms with E-state index in [-0.39, 0.29) is 11.9 Å². The summed E-state index contributed by atoms with van der Waals surface area (Å²) in [6.07, 6.45) is 0.972. The highest BCUT2D eigenvalue weighted by molar-refractivity contribution is 5.72. The molecule has 1 atom stereocenters. The van der Waals surface area contributed by atoms with E-state index in [1.54, 1.807) is 12.1 Å². The van der Waals surface area contributed by atoms with Crippen molar-refractivity contribution in [2.75, 3.05) is 18.0 Å². The van der Waals surface area contributed by atoms with E-state index in [9.17, 15) is 4.39 Å². The maximum absolute atomic E-state index is 14.5. The number of rotatable bonds is 4. The van der Waals surface area contributed by atoms with E-state index in [0.29, 0.717) is 0 Å². The van der Waals surface area contributed by atoms with E-state index in [0.717, 1.165) is 36.4 Å². The Morgan fingerprint density at radius 3 is 2.81 bits per heavy atom. The summed E-state index contributed by atoms with van der Waals surface area (Å²) in [4.78, 5) is 2.12. The van der Waals surface area contributed by atoms with Gasteiger partial charge in [0.1, 0.15) is 5.82 Å². The molecule has 0 amide bonds. The molecule has 0 aromatic heterocycles. The van der Waals surface area contributed by atoms with Gasteiger partial charge >= 0.3 is 0 Å². The van der Waals surface area contributed by atoms with Crippen molar-refractivity contribution in [2.45, 2.75) is 26.3 Å². The number of hydrogen-bond acceptors (Lipinski definition) is 2. The zero-order chi connectivity index (χ0) is 14.8. The van der Waals surface area contributed by atoms with E-state index in [2.05, 4.69) is 36.2 Å². The number of para-hydroxylation sites is 2. The fourth-order valence-corrected chi connectivity index (χ4v) is 3.15. The molecule has 3 rings (SSSR count). The number of nitrogens with one attached hydrogen (secondary N) is 1. The Hall–Kier alpha value is -1.87. The van der Waals surface area contributed by atoms with Gasteiger partial charge in [0.05, 0.1) is 5.69 Å². The quantitative estimate of drug-likeness (QED) is 0.905. The Kier molecular flexibility index (Phi) is 3.93. The molecule has 0 spiro atoms. The predicted octanol–water partition coefficient (Wildman–Crippen LogP) is 4.19. The molecular weight excluding hydrogens is 263 g/mol. The van der Waals surface area contributed by atoms with Crippen LogP contribution in [0.15, 0.2) is 42.5 Å². The van der Waals surface area contributed by atoms with Gasteiger partial charge in [-0.1, -0.05) is 37.3 Å². The van der Waals surface area contributed by atoms with Gasteiger partial charge in [0.25, 0.3) is 0 Å². The van der Waals surface area contributed by atoms with Gasteiger partial charge in [0, 0.05) is 18.3 Å². The van der Waals surface area contributed by atoms with Crippen LogP contribution < -0.4 is 10.2 Å². The van der Waals surface area contributed by atoms with Crippen molar-refractivity contribution >= 4 is 11.4 Å². The molecule has 1 aliphatic heterocycles. The second-order valence-corrected chi connectivity index (χ2v) is 5.49. The summed E-state index contributed by atoms with van der Waals surface area (Å²) in [6.45, 7) is 5.87. The first-order valence-electron chi connectivity index (χ1n) is 7.59. The zero-order valence-electron chi connectivity index (χ0n) is 12.6. The van der Waals surface area contributed by atoms with E-state index < -0.39 is 0 Å². The van der Waals surface area contributed by atoms with Gasteiger partial charge in [-0.05, 0) is 43.1 Å². The monoisotopic (exact) mass is 284 g/mol. The molecule has 0 bridgehead atoms. The molecular formula is C18H21FN2. The number of hydrogen-bond donors (Lipinski definition) is 1. The number of fused-ring (bicyclic) bond motifs is 1. The first kappa shape index (κ1) is 14.1.